The molecular formula is C19H23F2N3O. The maximum atomic E-state index is 12.4. The highest BCUT2D eigenvalue weighted by Crippen LogP contribution is 2.34. The third-order valence-corrected chi connectivity index (χ3v) is 4.71. The van der Waals surface area contributed by atoms with Crippen molar-refractivity contribution < 1.29 is 13.5 Å². The number of hydrogen-bond donors (Lipinski definition) is 1. The summed E-state index contributed by atoms with van der Waals surface area (Å²) in [7, 11) is 0. The van der Waals surface area contributed by atoms with Crippen LogP contribution in [0.3, 0.4) is 0 Å². The Morgan fingerprint density at radius 2 is 2.08 bits per heavy atom. The fourth-order valence-corrected chi connectivity index (χ4v) is 3.55. The molecule has 1 aromatic carbocycles. The first-order valence-corrected chi connectivity index (χ1v) is 8.58. The maximum Gasteiger partial charge on any atom is 0.387 e. The number of aryl methyl sites for hydroxylation is 3. The molecule has 1 aromatic heterocycles. The molecule has 25 heavy (non-hydrogen) atoms. The topological polar surface area (TPSA) is 47.0 Å². The van der Waals surface area contributed by atoms with Crippen LogP contribution in [0.1, 0.15) is 60.1 Å². The van der Waals surface area contributed by atoms with Gasteiger partial charge in [-0.1, -0.05) is 6.07 Å². The number of nitrogens with one attached hydrogen (secondary N) is 1. The van der Waals surface area contributed by atoms with Crippen LogP contribution < -0.4 is 10.1 Å². The quantitative estimate of drug-likeness (QED) is 0.869. The van der Waals surface area contributed by atoms with Crippen molar-refractivity contribution in [2.45, 2.75) is 58.7 Å². The highest BCUT2D eigenvalue weighted by atomic mass is 19.3. The number of rotatable bonds is 5. The van der Waals surface area contributed by atoms with Crippen molar-refractivity contribution in [3.63, 3.8) is 0 Å². The van der Waals surface area contributed by atoms with Crippen LogP contribution >= 0.6 is 0 Å². The summed E-state index contributed by atoms with van der Waals surface area (Å²) in [5.41, 5.74) is 4.29. The summed E-state index contributed by atoms with van der Waals surface area (Å²) in [6.07, 6.45) is 4.78. The van der Waals surface area contributed by atoms with Gasteiger partial charge in [0, 0.05) is 29.5 Å². The van der Waals surface area contributed by atoms with Gasteiger partial charge < -0.3 is 10.1 Å². The van der Waals surface area contributed by atoms with Gasteiger partial charge in [0.15, 0.2) is 0 Å². The van der Waals surface area contributed by atoms with Crippen molar-refractivity contribution in [1.82, 2.24) is 15.3 Å². The van der Waals surface area contributed by atoms with Crippen LogP contribution in [0, 0.1) is 13.8 Å². The Morgan fingerprint density at radius 1 is 1.28 bits per heavy atom. The average molecular weight is 347 g/mol. The molecule has 1 heterocycles. The lowest BCUT2D eigenvalue weighted by Gasteiger charge is -2.30. The number of fused-ring (bicyclic) bond motifs is 1. The molecule has 0 amide bonds. The van der Waals surface area contributed by atoms with Gasteiger partial charge in [0.1, 0.15) is 11.6 Å². The standard InChI is InChI=1S/C19H23F2N3O/c1-11-17(10-22-13(3)23-11)12(2)24-18-6-4-5-14-9-15(25-19(20)21)7-8-16(14)18/h7-10,12,18-19,24H,4-6H2,1-3H3. The largest absolute Gasteiger partial charge is 0.435 e. The lowest BCUT2D eigenvalue weighted by atomic mass is 9.87. The van der Waals surface area contributed by atoms with Crippen LogP contribution in [0.15, 0.2) is 24.4 Å². The number of benzene rings is 1. The highest BCUT2D eigenvalue weighted by molar-refractivity contribution is 5.39. The molecule has 1 aliphatic carbocycles. The van der Waals surface area contributed by atoms with Gasteiger partial charge in [-0.05, 0) is 63.3 Å². The van der Waals surface area contributed by atoms with Gasteiger partial charge >= 0.3 is 6.61 Å². The predicted molar refractivity (Wildman–Crippen MR) is 91.8 cm³/mol. The van der Waals surface area contributed by atoms with Gasteiger partial charge in [0.05, 0.1) is 0 Å². The lowest BCUT2D eigenvalue weighted by Crippen LogP contribution is -2.28. The first-order valence-electron chi connectivity index (χ1n) is 8.58. The van der Waals surface area contributed by atoms with E-state index in [9.17, 15) is 8.78 Å². The van der Waals surface area contributed by atoms with E-state index in [2.05, 4.69) is 26.9 Å². The maximum absolute atomic E-state index is 12.4. The summed E-state index contributed by atoms with van der Waals surface area (Å²) >= 11 is 0. The molecule has 0 radical (unpaired) electrons. The SMILES string of the molecule is Cc1ncc(C(C)NC2CCCc3cc(OC(F)F)ccc32)c(C)n1. The predicted octanol–water partition coefficient (Wildman–Crippen LogP) is 4.42. The van der Waals surface area contributed by atoms with Gasteiger partial charge in [0.25, 0.3) is 0 Å². The molecule has 2 aromatic rings. The molecule has 1 aliphatic rings. The van der Waals surface area contributed by atoms with Gasteiger partial charge in [-0.25, -0.2) is 9.97 Å². The zero-order valence-corrected chi connectivity index (χ0v) is 14.7. The van der Waals surface area contributed by atoms with Crippen molar-refractivity contribution in [3.8, 4) is 5.75 Å². The van der Waals surface area contributed by atoms with Gasteiger partial charge in [-0.3, -0.25) is 0 Å². The van der Waals surface area contributed by atoms with E-state index in [0.29, 0.717) is 0 Å². The first kappa shape index (κ1) is 17.7. The molecule has 1 N–H and O–H groups in total. The van der Waals surface area contributed by atoms with E-state index in [4.69, 9.17) is 0 Å². The van der Waals surface area contributed by atoms with Crippen LogP contribution in [0.4, 0.5) is 8.78 Å². The van der Waals surface area contributed by atoms with E-state index in [1.54, 1.807) is 12.1 Å². The summed E-state index contributed by atoms with van der Waals surface area (Å²) in [4.78, 5) is 8.73. The molecule has 0 spiro atoms. The fraction of sp³-hybridized carbons (Fsp3) is 0.474. The number of hydrogen-bond acceptors (Lipinski definition) is 4. The van der Waals surface area contributed by atoms with Gasteiger partial charge in [-0.15, -0.1) is 0 Å². The molecule has 0 saturated heterocycles. The van der Waals surface area contributed by atoms with Crippen molar-refractivity contribution in [1.29, 1.82) is 0 Å². The zero-order chi connectivity index (χ0) is 18.0. The third-order valence-electron chi connectivity index (χ3n) is 4.71. The van der Waals surface area contributed by atoms with E-state index in [1.807, 2.05) is 26.1 Å². The molecule has 0 bridgehead atoms. The molecular weight excluding hydrogens is 324 g/mol. The van der Waals surface area contributed by atoms with Gasteiger partial charge in [-0.2, -0.15) is 8.78 Å². The van der Waals surface area contributed by atoms with Crippen molar-refractivity contribution >= 4 is 0 Å². The summed E-state index contributed by atoms with van der Waals surface area (Å²) < 4.78 is 29.3. The van der Waals surface area contributed by atoms with Gasteiger partial charge in [0.2, 0.25) is 0 Å². The smallest absolute Gasteiger partial charge is 0.387 e. The zero-order valence-electron chi connectivity index (χ0n) is 14.7. The van der Waals surface area contributed by atoms with Crippen LogP contribution in [0.5, 0.6) is 5.75 Å². The number of halogens is 2. The monoisotopic (exact) mass is 347 g/mol. The normalized spacial score (nSPS) is 18.1. The Balaban J connectivity index is 1.78. The van der Waals surface area contributed by atoms with E-state index < -0.39 is 6.61 Å². The minimum Gasteiger partial charge on any atom is -0.435 e. The Morgan fingerprint density at radius 3 is 2.80 bits per heavy atom. The fourth-order valence-electron chi connectivity index (χ4n) is 3.55. The highest BCUT2D eigenvalue weighted by Gasteiger charge is 2.23. The summed E-state index contributed by atoms with van der Waals surface area (Å²) in [6, 6.07) is 5.54. The minimum absolute atomic E-state index is 0.105. The summed E-state index contributed by atoms with van der Waals surface area (Å²) in [5.74, 6) is 0.994. The van der Waals surface area contributed by atoms with Crippen LogP contribution in [0.25, 0.3) is 0 Å². The molecule has 0 saturated carbocycles. The number of nitrogens with zero attached hydrogens (tertiary/aromatic N) is 2. The van der Waals surface area contributed by atoms with E-state index in [-0.39, 0.29) is 17.8 Å². The Labute approximate surface area is 146 Å². The Bertz CT molecular complexity index is 751. The number of aromatic nitrogens is 2. The average Bonchev–Trinajstić information content (AvgIpc) is 2.54. The van der Waals surface area contributed by atoms with Crippen molar-refractivity contribution in [2.24, 2.45) is 0 Å². The molecule has 0 aliphatic heterocycles. The van der Waals surface area contributed by atoms with Crippen LogP contribution in [0.2, 0.25) is 0 Å². The molecule has 0 fully saturated rings. The second-order valence-electron chi connectivity index (χ2n) is 6.53. The van der Waals surface area contributed by atoms with Crippen molar-refractivity contribution in [2.75, 3.05) is 0 Å². The minimum atomic E-state index is -2.79. The van der Waals surface area contributed by atoms with Crippen molar-refractivity contribution in [3.05, 3.63) is 52.6 Å². The molecule has 6 heteroatoms. The lowest BCUT2D eigenvalue weighted by molar-refractivity contribution is -0.0499. The third kappa shape index (κ3) is 4.12. The van der Waals surface area contributed by atoms with E-state index >= 15 is 0 Å². The Hall–Kier alpha value is -2.08. The Kier molecular flexibility index (Phi) is 5.27. The number of ether oxygens (including phenoxy) is 1. The van der Waals surface area contributed by atoms with E-state index in [1.165, 1.54) is 0 Å². The molecule has 2 atom stereocenters. The van der Waals surface area contributed by atoms with Crippen LogP contribution in [-0.4, -0.2) is 16.6 Å². The summed E-state index contributed by atoms with van der Waals surface area (Å²) in [6.45, 7) is 3.18. The summed E-state index contributed by atoms with van der Waals surface area (Å²) in [5, 5.41) is 3.64. The van der Waals surface area contributed by atoms with Crippen LogP contribution in [-0.2, 0) is 6.42 Å². The second-order valence-corrected chi connectivity index (χ2v) is 6.53. The molecule has 3 rings (SSSR count). The molecule has 4 nitrogen and oxygen atoms in total. The number of alkyl halides is 2. The molecule has 134 valence electrons. The van der Waals surface area contributed by atoms with E-state index in [0.717, 1.165) is 47.5 Å². The second kappa shape index (κ2) is 7.44. The first-order chi connectivity index (χ1) is 11.9. The molecule has 2 unspecified atom stereocenters.